The number of aromatic nitrogens is 3. The van der Waals surface area contributed by atoms with Crippen LogP contribution >= 0.6 is 0 Å². The van der Waals surface area contributed by atoms with Crippen molar-refractivity contribution in [1.29, 1.82) is 0 Å². The van der Waals surface area contributed by atoms with Crippen LogP contribution in [0.1, 0.15) is 0 Å². The molecular weight excluding hydrogens is 342 g/mol. The number of nitrogens with one attached hydrogen (secondary N) is 1. The van der Waals surface area contributed by atoms with E-state index in [0.717, 1.165) is 21.7 Å². The summed E-state index contributed by atoms with van der Waals surface area (Å²) in [6.07, 6.45) is 0. The number of phenolic OH excluding ortho intramolecular Hbond substituents is 1. The highest BCUT2D eigenvalue weighted by Crippen LogP contribution is 2.36. The third kappa shape index (κ3) is 2.46. The van der Waals surface area contributed by atoms with Crippen molar-refractivity contribution in [3.8, 4) is 28.6 Å². The van der Waals surface area contributed by atoms with E-state index < -0.39 is 0 Å². The number of pyridine rings is 1. The highest BCUT2D eigenvalue weighted by atomic mass is 16.5. The number of phenols is 1. The largest absolute Gasteiger partial charge is 0.507 e. The predicted molar refractivity (Wildman–Crippen MR) is 102 cm³/mol. The zero-order valence-corrected chi connectivity index (χ0v) is 14.0. The van der Waals surface area contributed by atoms with Gasteiger partial charge >= 0.3 is 0 Å². The van der Waals surface area contributed by atoms with Gasteiger partial charge in [0, 0.05) is 5.52 Å². The zero-order chi connectivity index (χ0) is 18.4. The van der Waals surface area contributed by atoms with Crippen LogP contribution in [-0.2, 0) is 0 Å². The molecule has 27 heavy (non-hydrogen) atoms. The van der Waals surface area contributed by atoms with Crippen LogP contribution in [0.15, 0.2) is 76.0 Å². The Morgan fingerprint density at radius 2 is 1.70 bits per heavy atom. The topological polar surface area (TPSA) is 92.0 Å². The Bertz CT molecular complexity index is 1370. The van der Waals surface area contributed by atoms with Gasteiger partial charge in [-0.15, -0.1) is 0 Å². The number of hydrogen-bond acceptors (Lipinski definition) is 5. The molecule has 5 rings (SSSR count). The summed E-state index contributed by atoms with van der Waals surface area (Å²) in [5.74, 6) is 0.368. The van der Waals surface area contributed by atoms with Crippen LogP contribution in [0.3, 0.4) is 0 Å². The number of hydrogen-bond donors (Lipinski definition) is 2. The molecule has 2 heterocycles. The van der Waals surface area contributed by atoms with Gasteiger partial charge in [0.1, 0.15) is 5.75 Å². The lowest BCUT2D eigenvalue weighted by Gasteiger charge is -2.04. The summed E-state index contributed by atoms with van der Waals surface area (Å²) in [6.45, 7) is 0. The van der Waals surface area contributed by atoms with Crippen molar-refractivity contribution in [3.63, 3.8) is 0 Å². The number of fused-ring (bicyclic) bond motifs is 2. The first-order valence-corrected chi connectivity index (χ1v) is 8.38. The first kappa shape index (κ1) is 15.3. The fourth-order valence-corrected chi connectivity index (χ4v) is 3.23. The second-order valence-corrected chi connectivity index (χ2v) is 6.20. The van der Waals surface area contributed by atoms with Crippen molar-refractivity contribution in [2.45, 2.75) is 0 Å². The van der Waals surface area contributed by atoms with Gasteiger partial charge in [0.25, 0.3) is 11.4 Å². The summed E-state index contributed by atoms with van der Waals surface area (Å²) in [4.78, 5) is 19.6. The van der Waals surface area contributed by atoms with E-state index in [1.807, 2.05) is 54.6 Å². The Morgan fingerprint density at radius 1 is 0.926 bits per heavy atom. The highest BCUT2D eigenvalue weighted by molar-refractivity contribution is 5.97. The molecule has 6 heteroatoms. The molecule has 0 saturated carbocycles. The normalized spacial score (nSPS) is 11.3. The zero-order valence-electron chi connectivity index (χ0n) is 14.0. The maximum Gasteiger partial charge on any atom is 0.262 e. The van der Waals surface area contributed by atoms with E-state index in [1.165, 1.54) is 0 Å². The average molecular weight is 355 g/mol. The molecule has 0 fully saturated rings. The lowest BCUT2D eigenvalue weighted by molar-refractivity contribution is 0.426. The van der Waals surface area contributed by atoms with Gasteiger partial charge in [-0.25, -0.2) is 0 Å². The van der Waals surface area contributed by atoms with Crippen LogP contribution in [-0.4, -0.2) is 20.2 Å². The summed E-state index contributed by atoms with van der Waals surface area (Å²) in [6, 6.07) is 20.2. The predicted octanol–water partition coefficient (Wildman–Crippen LogP) is 4.10. The number of aromatic amines is 1. The molecule has 0 amide bonds. The summed E-state index contributed by atoms with van der Waals surface area (Å²) in [5, 5.41) is 16.9. The molecule has 3 aromatic carbocycles. The summed E-state index contributed by atoms with van der Waals surface area (Å²) in [7, 11) is 0. The van der Waals surface area contributed by atoms with E-state index in [9.17, 15) is 9.90 Å². The standard InChI is InChI=1S/C21H13N3O3/c25-17-10-9-12-5-1-3-7-14(12)18(17)21-23-19(24-27-21)15-11-13-6-2-4-8-16(13)22-20(15)26/h1-11,25H,(H,22,26). The minimum atomic E-state index is -0.303. The lowest BCUT2D eigenvalue weighted by atomic mass is 10.0. The highest BCUT2D eigenvalue weighted by Gasteiger charge is 2.18. The number of H-pyrrole nitrogens is 1. The molecule has 5 aromatic rings. The minimum Gasteiger partial charge on any atom is -0.507 e. The molecule has 130 valence electrons. The molecule has 0 atom stereocenters. The van der Waals surface area contributed by atoms with Crippen LogP contribution in [0.2, 0.25) is 0 Å². The Labute approximate surface area is 152 Å². The molecule has 0 radical (unpaired) electrons. The molecule has 0 spiro atoms. The van der Waals surface area contributed by atoms with Crippen LogP contribution in [0.4, 0.5) is 0 Å². The Balaban J connectivity index is 1.70. The first-order chi connectivity index (χ1) is 13.2. The smallest absolute Gasteiger partial charge is 0.262 e. The van der Waals surface area contributed by atoms with Gasteiger partial charge < -0.3 is 14.6 Å². The summed E-state index contributed by atoms with van der Waals surface area (Å²) < 4.78 is 5.39. The quantitative estimate of drug-likeness (QED) is 0.497. The third-order valence-electron chi connectivity index (χ3n) is 4.54. The monoisotopic (exact) mass is 355 g/mol. The maximum atomic E-state index is 12.4. The lowest BCUT2D eigenvalue weighted by Crippen LogP contribution is -2.09. The van der Waals surface area contributed by atoms with Crippen molar-refractivity contribution in [2.75, 3.05) is 0 Å². The van der Waals surface area contributed by atoms with Crippen LogP contribution in [0.25, 0.3) is 44.5 Å². The maximum absolute atomic E-state index is 12.4. The molecule has 2 N–H and O–H groups in total. The molecule has 2 aromatic heterocycles. The van der Waals surface area contributed by atoms with E-state index >= 15 is 0 Å². The SMILES string of the molecule is O=c1[nH]c2ccccc2cc1-c1noc(-c2c(O)ccc3ccccc23)n1. The van der Waals surface area contributed by atoms with E-state index in [4.69, 9.17) is 4.52 Å². The van der Waals surface area contributed by atoms with E-state index in [2.05, 4.69) is 15.1 Å². The van der Waals surface area contributed by atoms with Gasteiger partial charge in [-0.05, 0) is 34.4 Å². The number of rotatable bonds is 2. The van der Waals surface area contributed by atoms with E-state index in [1.54, 1.807) is 12.1 Å². The third-order valence-corrected chi connectivity index (χ3v) is 4.54. The Kier molecular flexibility index (Phi) is 3.30. The molecule has 0 unspecified atom stereocenters. The summed E-state index contributed by atoms with van der Waals surface area (Å²) in [5.41, 5.74) is 1.19. The Hall–Kier alpha value is -3.93. The van der Waals surface area contributed by atoms with Crippen molar-refractivity contribution in [2.24, 2.45) is 0 Å². The Morgan fingerprint density at radius 3 is 2.59 bits per heavy atom. The van der Waals surface area contributed by atoms with Gasteiger partial charge in [0.05, 0.1) is 11.1 Å². The van der Waals surface area contributed by atoms with Crippen molar-refractivity contribution in [1.82, 2.24) is 15.1 Å². The number of benzene rings is 3. The van der Waals surface area contributed by atoms with Gasteiger partial charge in [-0.1, -0.05) is 53.7 Å². The summed E-state index contributed by atoms with van der Waals surface area (Å²) >= 11 is 0. The van der Waals surface area contributed by atoms with E-state index in [0.29, 0.717) is 11.1 Å². The second-order valence-electron chi connectivity index (χ2n) is 6.20. The molecule has 0 bridgehead atoms. The van der Waals surface area contributed by atoms with Crippen LogP contribution in [0.5, 0.6) is 5.75 Å². The molecule has 0 saturated heterocycles. The van der Waals surface area contributed by atoms with Gasteiger partial charge in [-0.2, -0.15) is 4.98 Å². The van der Waals surface area contributed by atoms with Crippen LogP contribution < -0.4 is 5.56 Å². The fraction of sp³-hybridized carbons (Fsp3) is 0. The van der Waals surface area contributed by atoms with Gasteiger partial charge in [0.15, 0.2) is 0 Å². The minimum absolute atomic E-state index is 0.0383. The first-order valence-electron chi connectivity index (χ1n) is 8.38. The van der Waals surface area contributed by atoms with E-state index in [-0.39, 0.29) is 23.0 Å². The van der Waals surface area contributed by atoms with Crippen molar-refractivity contribution < 1.29 is 9.63 Å². The molecule has 0 aliphatic rings. The second kappa shape index (κ2) is 5.81. The van der Waals surface area contributed by atoms with Crippen molar-refractivity contribution >= 4 is 21.7 Å². The van der Waals surface area contributed by atoms with Crippen LogP contribution in [0, 0.1) is 0 Å². The molecule has 0 aliphatic carbocycles. The van der Waals surface area contributed by atoms with Gasteiger partial charge in [-0.3, -0.25) is 4.79 Å². The molecular formula is C21H13N3O3. The molecule has 6 nitrogen and oxygen atoms in total. The van der Waals surface area contributed by atoms with Gasteiger partial charge in [0.2, 0.25) is 5.82 Å². The fourth-order valence-electron chi connectivity index (χ4n) is 3.23. The number of aromatic hydroxyl groups is 1. The number of para-hydroxylation sites is 1. The molecule has 0 aliphatic heterocycles. The number of nitrogens with zero attached hydrogens (tertiary/aromatic N) is 2. The van der Waals surface area contributed by atoms with Crippen molar-refractivity contribution in [3.05, 3.63) is 77.1 Å². The average Bonchev–Trinajstić information content (AvgIpc) is 3.16.